The van der Waals surface area contributed by atoms with Crippen molar-refractivity contribution in [3.05, 3.63) is 59.7 Å². The second-order valence-electron chi connectivity index (χ2n) is 6.38. The van der Waals surface area contributed by atoms with Crippen molar-refractivity contribution in [3.8, 4) is 0 Å². The number of hydrogen-bond acceptors (Lipinski definition) is 5. The van der Waals surface area contributed by atoms with E-state index in [9.17, 15) is 4.79 Å². The number of nitrogens with one attached hydrogen (secondary N) is 1. The molecule has 132 valence electrons. The summed E-state index contributed by atoms with van der Waals surface area (Å²) in [6.45, 7) is 2.58. The first-order valence-corrected chi connectivity index (χ1v) is 8.54. The summed E-state index contributed by atoms with van der Waals surface area (Å²) in [4.78, 5) is 17.7. The Bertz CT molecular complexity index is 961. The molecule has 0 saturated carbocycles. The summed E-state index contributed by atoms with van der Waals surface area (Å²) < 4.78 is 1.59. The number of nitrogens with zero attached hydrogens (tertiary/aromatic N) is 4. The van der Waals surface area contributed by atoms with Gasteiger partial charge in [0.15, 0.2) is 0 Å². The fourth-order valence-corrected chi connectivity index (χ4v) is 2.91. The molecule has 1 N–H and O–H groups in total. The lowest BCUT2D eigenvalue weighted by molar-refractivity contribution is -0.122. The Hall–Kier alpha value is -3.22. The molecule has 0 spiro atoms. The van der Waals surface area contributed by atoms with E-state index in [4.69, 9.17) is 4.84 Å². The van der Waals surface area contributed by atoms with Gasteiger partial charge >= 0.3 is 0 Å². The van der Waals surface area contributed by atoms with Gasteiger partial charge in [0.25, 0.3) is 0 Å². The molecule has 7 heteroatoms. The highest BCUT2D eigenvalue weighted by molar-refractivity contribution is 6.01. The van der Waals surface area contributed by atoms with E-state index in [1.165, 1.54) is 5.56 Å². The van der Waals surface area contributed by atoms with Crippen LogP contribution in [0.2, 0.25) is 0 Å². The van der Waals surface area contributed by atoms with Crippen LogP contribution < -0.4 is 5.32 Å². The maximum atomic E-state index is 12.2. The fraction of sp³-hybridized carbons (Fsp3) is 0.263. The Morgan fingerprint density at radius 3 is 2.88 bits per heavy atom. The van der Waals surface area contributed by atoms with Crippen LogP contribution >= 0.6 is 0 Å². The predicted molar refractivity (Wildman–Crippen MR) is 97.7 cm³/mol. The molecule has 2 aromatic carbocycles. The summed E-state index contributed by atoms with van der Waals surface area (Å²) in [6.07, 6.45) is 0.526. The number of aromatic nitrogens is 3. The van der Waals surface area contributed by atoms with E-state index in [0.29, 0.717) is 13.0 Å². The summed E-state index contributed by atoms with van der Waals surface area (Å²) in [5.41, 5.74) is 4.78. The van der Waals surface area contributed by atoms with E-state index < -0.39 is 0 Å². The number of carbonyl (C=O) groups excluding carboxylic acids is 1. The van der Waals surface area contributed by atoms with E-state index in [2.05, 4.69) is 32.9 Å². The topological polar surface area (TPSA) is 81.4 Å². The van der Waals surface area contributed by atoms with Gasteiger partial charge in [0.1, 0.15) is 18.2 Å². The zero-order chi connectivity index (χ0) is 17.9. The van der Waals surface area contributed by atoms with Gasteiger partial charge in [-0.15, -0.1) is 5.10 Å². The minimum Gasteiger partial charge on any atom is -0.390 e. The van der Waals surface area contributed by atoms with Crippen LogP contribution in [0, 0.1) is 6.92 Å². The zero-order valence-corrected chi connectivity index (χ0v) is 14.4. The predicted octanol–water partition coefficient (Wildman–Crippen LogP) is 2.05. The molecule has 1 aliphatic heterocycles. The molecule has 0 radical (unpaired) electrons. The van der Waals surface area contributed by atoms with Crippen molar-refractivity contribution in [1.29, 1.82) is 0 Å². The van der Waals surface area contributed by atoms with Crippen molar-refractivity contribution in [2.75, 3.05) is 6.54 Å². The van der Waals surface area contributed by atoms with E-state index in [1.807, 2.05) is 43.3 Å². The molecule has 1 atom stereocenters. The lowest BCUT2D eigenvalue weighted by Gasteiger charge is -2.10. The third kappa shape index (κ3) is 3.42. The van der Waals surface area contributed by atoms with Gasteiger partial charge in [-0.05, 0) is 24.6 Å². The number of hydrogen-bond donors (Lipinski definition) is 1. The minimum atomic E-state index is -0.150. The number of para-hydroxylation sites is 1. The quantitative estimate of drug-likeness (QED) is 0.764. The summed E-state index contributed by atoms with van der Waals surface area (Å²) in [7, 11) is 0. The fourth-order valence-electron chi connectivity index (χ4n) is 2.91. The largest absolute Gasteiger partial charge is 0.390 e. The van der Waals surface area contributed by atoms with Crippen LogP contribution in [0.5, 0.6) is 0 Å². The second-order valence-corrected chi connectivity index (χ2v) is 6.38. The average Bonchev–Trinajstić information content (AvgIpc) is 3.28. The molecule has 2 heterocycles. The van der Waals surface area contributed by atoms with Crippen molar-refractivity contribution in [2.24, 2.45) is 5.16 Å². The van der Waals surface area contributed by atoms with Gasteiger partial charge in [-0.25, -0.2) is 4.68 Å². The van der Waals surface area contributed by atoms with Crippen LogP contribution in [0.1, 0.15) is 17.5 Å². The Labute approximate surface area is 150 Å². The monoisotopic (exact) mass is 349 g/mol. The van der Waals surface area contributed by atoms with E-state index in [0.717, 1.165) is 22.3 Å². The number of carbonyl (C=O) groups is 1. The molecular weight excluding hydrogens is 330 g/mol. The van der Waals surface area contributed by atoms with Crippen molar-refractivity contribution in [1.82, 2.24) is 20.3 Å². The van der Waals surface area contributed by atoms with Gasteiger partial charge in [-0.2, -0.15) is 0 Å². The Morgan fingerprint density at radius 2 is 2.04 bits per heavy atom. The Kier molecular flexibility index (Phi) is 4.35. The van der Waals surface area contributed by atoms with Crippen molar-refractivity contribution < 1.29 is 9.63 Å². The number of fused-ring (bicyclic) bond motifs is 1. The number of rotatable bonds is 5. The van der Waals surface area contributed by atoms with Gasteiger partial charge in [0.05, 0.1) is 17.8 Å². The maximum absolute atomic E-state index is 12.2. The molecule has 0 saturated heterocycles. The first-order chi connectivity index (χ1) is 12.7. The lowest BCUT2D eigenvalue weighted by Crippen LogP contribution is -2.34. The molecule has 26 heavy (non-hydrogen) atoms. The molecule has 1 aromatic heterocycles. The summed E-state index contributed by atoms with van der Waals surface area (Å²) >= 11 is 0. The number of amides is 1. The highest BCUT2D eigenvalue weighted by Crippen LogP contribution is 2.17. The smallest absolute Gasteiger partial charge is 0.241 e. The van der Waals surface area contributed by atoms with Gasteiger partial charge in [-0.3, -0.25) is 4.79 Å². The third-order valence-electron chi connectivity index (χ3n) is 4.36. The van der Waals surface area contributed by atoms with Gasteiger partial charge in [0, 0.05) is 6.42 Å². The minimum absolute atomic E-state index is 0.124. The standard InChI is InChI=1S/C19H19N5O2/c1-13-6-8-14(9-7-13)17-10-15(26-22-17)11-20-19(25)12-24-18-5-3-2-4-16(18)21-23-24/h2-9,15H,10-12H2,1H3,(H,20,25)/t15-/m1/s1. The van der Waals surface area contributed by atoms with Crippen LogP contribution in [-0.2, 0) is 16.2 Å². The highest BCUT2D eigenvalue weighted by atomic mass is 16.6. The molecule has 1 aliphatic rings. The average molecular weight is 349 g/mol. The molecular formula is C19H19N5O2. The van der Waals surface area contributed by atoms with Crippen LogP contribution in [0.4, 0.5) is 0 Å². The number of benzene rings is 2. The second kappa shape index (κ2) is 6.95. The summed E-state index contributed by atoms with van der Waals surface area (Å²) in [5.74, 6) is -0.131. The van der Waals surface area contributed by atoms with Crippen LogP contribution in [0.25, 0.3) is 11.0 Å². The molecule has 0 bridgehead atoms. The van der Waals surface area contributed by atoms with E-state index in [1.54, 1.807) is 4.68 Å². The van der Waals surface area contributed by atoms with Gasteiger partial charge in [-0.1, -0.05) is 52.3 Å². The molecule has 0 unspecified atom stereocenters. The molecule has 1 amide bonds. The van der Waals surface area contributed by atoms with Crippen LogP contribution in [0.3, 0.4) is 0 Å². The van der Waals surface area contributed by atoms with Crippen molar-refractivity contribution >= 4 is 22.7 Å². The molecule has 3 aromatic rings. The SMILES string of the molecule is Cc1ccc(C2=NO[C@@H](CNC(=O)Cn3nnc4ccccc43)C2)cc1. The normalized spacial score (nSPS) is 16.3. The summed E-state index contributed by atoms with van der Waals surface area (Å²) in [6, 6.07) is 15.7. The van der Waals surface area contributed by atoms with Crippen molar-refractivity contribution in [3.63, 3.8) is 0 Å². The van der Waals surface area contributed by atoms with Gasteiger partial charge < -0.3 is 10.2 Å². The first kappa shape index (κ1) is 16.3. The number of oxime groups is 1. The lowest BCUT2D eigenvalue weighted by atomic mass is 10.0. The molecule has 0 aliphatic carbocycles. The van der Waals surface area contributed by atoms with Crippen LogP contribution in [0.15, 0.2) is 53.7 Å². The zero-order valence-electron chi connectivity index (χ0n) is 14.4. The van der Waals surface area contributed by atoms with Gasteiger partial charge in [0.2, 0.25) is 5.91 Å². The number of aryl methyl sites for hydroxylation is 1. The Morgan fingerprint density at radius 1 is 1.23 bits per heavy atom. The maximum Gasteiger partial charge on any atom is 0.241 e. The molecule has 4 rings (SSSR count). The van der Waals surface area contributed by atoms with Crippen molar-refractivity contribution in [2.45, 2.75) is 26.0 Å². The third-order valence-corrected chi connectivity index (χ3v) is 4.36. The first-order valence-electron chi connectivity index (χ1n) is 8.54. The Balaban J connectivity index is 1.30. The van der Waals surface area contributed by atoms with Crippen LogP contribution in [-0.4, -0.2) is 39.3 Å². The molecule has 7 nitrogen and oxygen atoms in total. The highest BCUT2D eigenvalue weighted by Gasteiger charge is 2.22. The van der Waals surface area contributed by atoms with E-state index in [-0.39, 0.29) is 18.6 Å². The van der Waals surface area contributed by atoms with E-state index >= 15 is 0 Å². The molecule has 0 fully saturated rings. The summed E-state index contributed by atoms with van der Waals surface area (Å²) in [5, 5.41) is 15.1.